The van der Waals surface area contributed by atoms with Crippen molar-refractivity contribution in [3.8, 4) is 11.5 Å². The van der Waals surface area contributed by atoms with E-state index in [1.54, 1.807) is 13.2 Å². The van der Waals surface area contributed by atoms with E-state index in [1.165, 1.54) is 29.2 Å². The van der Waals surface area contributed by atoms with Gasteiger partial charge in [-0.3, -0.25) is 10.1 Å². The van der Waals surface area contributed by atoms with E-state index < -0.39 is 0 Å². The van der Waals surface area contributed by atoms with Crippen LogP contribution in [0, 0.1) is 0 Å². The Morgan fingerprint density at radius 3 is 2.87 bits per heavy atom. The highest BCUT2D eigenvalue weighted by Gasteiger charge is 2.06. The van der Waals surface area contributed by atoms with Crippen LogP contribution in [0.3, 0.4) is 0 Å². The number of carbonyl (C=O) groups is 1. The number of ether oxygens (including phenoxy) is 2. The lowest BCUT2D eigenvalue weighted by atomic mass is 10.2. The average molecular weight is 351 g/mol. The zero-order valence-corrected chi connectivity index (χ0v) is 14.7. The summed E-state index contributed by atoms with van der Waals surface area (Å²) in [4.78, 5) is 11.9. The zero-order valence-electron chi connectivity index (χ0n) is 13.0. The number of carbonyl (C=O) groups excluding carboxylic acids is 1. The molecule has 2 rings (SSSR count). The number of nitrogens with zero attached hydrogens (tertiary/aromatic N) is 2. The summed E-state index contributed by atoms with van der Waals surface area (Å²) in [5.74, 6) is 1.04. The van der Waals surface area contributed by atoms with Gasteiger partial charge in [0.2, 0.25) is 11.0 Å². The number of hydrogen-bond donors (Lipinski definition) is 1. The normalized spacial score (nSPS) is 10.7. The van der Waals surface area contributed by atoms with Gasteiger partial charge in [-0.1, -0.05) is 29.2 Å². The van der Waals surface area contributed by atoms with Crippen molar-refractivity contribution in [3.05, 3.63) is 29.8 Å². The lowest BCUT2D eigenvalue weighted by Gasteiger charge is -2.09. The van der Waals surface area contributed by atoms with Crippen molar-refractivity contribution in [1.82, 2.24) is 10.2 Å². The first-order chi connectivity index (χ1) is 11.2. The molecule has 0 aliphatic carbocycles. The molecule has 0 fully saturated rings. The molecule has 0 bridgehead atoms. The molecule has 8 heteroatoms. The van der Waals surface area contributed by atoms with E-state index in [4.69, 9.17) is 9.47 Å². The molecule has 0 atom stereocenters. The Balaban J connectivity index is 2.02. The van der Waals surface area contributed by atoms with Gasteiger partial charge in [-0.05, 0) is 37.0 Å². The molecule has 0 spiro atoms. The van der Waals surface area contributed by atoms with Gasteiger partial charge in [0.25, 0.3) is 0 Å². The van der Waals surface area contributed by atoms with Gasteiger partial charge < -0.3 is 9.47 Å². The molecule has 1 heterocycles. The van der Waals surface area contributed by atoms with Crippen LogP contribution in [-0.2, 0) is 4.79 Å². The fraction of sp³-hybridized carbons (Fsp3) is 0.267. The third-order valence-electron chi connectivity index (χ3n) is 2.73. The summed E-state index contributed by atoms with van der Waals surface area (Å²) in [6.07, 6.45) is 5.05. The van der Waals surface area contributed by atoms with E-state index in [9.17, 15) is 4.79 Å². The maximum absolute atomic E-state index is 11.9. The molecule has 0 saturated carbocycles. The first-order valence-electron chi connectivity index (χ1n) is 6.83. The fourth-order valence-electron chi connectivity index (χ4n) is 1.72. The number of hydrogen-bond acceptors (Lipinski definition) is 7. The second-order valence-corrected chi connectivity index (χ2v) is 6.27. The molecule has 1 aromatic carbocycles. The van der Waals surface area contributed by atoms with E-state index in [-0.39, 0.29) is 5.91 Å². The predicted octanol–water partition coefficient (Wildman–Crippen LogP) is 3.32. The van der Waals surface area contributed by atoms with Crippen molar-refractivity contribution in [3.63, 3.8) is 0 Å². The molecule has 1 amide bonds. The van der Waals surface area contributed by atoms with E-state index in [0.717, 1.165) is 9.90 Å². The Kier molecular flexibility index (Phi) is 6.42. The molecular formula is C15H17N3O3S2. The second kappa shape index (κ2) is 8.54. The zero-order chi connectivity index (χ0) is 16.7. The van der Waals surface area contributed by atoms with Crippen molar-refractivity contribution in [2.45, 2.75) is 11.3 Å². The van der Waals surface area contributed by atoms with Crippen molar-refractivity contribution in [2.75, 3.05) is 25.3 Å². The van der Waals surface area contributed by atoms with E-state index in [1.807, 2.05) is 31.4 Å². The summed E-state index contributed by atoms with van der Waals surface area (Å²) < 4.78 is 11.5. The van der Waals surface area contributed by atoms with Gasteiger partial charge in [-0.15, -0.1) is 10.2 Å². The number of nitrogens with one attached hydrogen (secondary N) is 1. The number of aromatic nitrogens is 2. The fourth-order valence-corrected chi connectivity index (χ4v) is 2.90. The highest BCUT2D eigenvalue weighted by atomic mass is 32.2. The Hall–Kier alpha value is -2.06. The quantitative estimate of drug-likeness (QED) is 0.469. The molecular weight excluding hydrogens is 334 g/mol. The first-order valence-corrected chi connectivity index (χ1v) is 8.87. The summed E-state index contributed by atoms with van der Waals surface area (Å²) in [6, 6.07) is 5.48. The molecule has 1 aromatic heterocycles. The summed E-state index contributed by atoms with van der Waals surface area (Å²) in [7, 11) is 1.58. The van der Waals surface area contributed by atoms with Crippen LogP contribution in [0.1, 0.15) is 12.5 Å². The molecule has 0 unspecified atom stereocenters. The Morgan fingerprint density at radius 1 is 1.39 bits per heavy atom. The maximum atomic E-state index is 11.9. The molecule has 2 aromatic rings. The molecule has 122 valence electrons. The Bertz CT molecular complexity index is 701. The first kappa shape index (κ1) is 17.3. The van der Waals surface area contributed by atoms with Crippen LogP contribution >= 0.6 is 23.1 Å². The third-order valence-corrected chi connectivity index (χ3v) is 4.54. The third kappa shape index (κ3) is 4.97. The minimum absolute atomic E-state index is 0.262. The molecule has 0 aliphatic rings. The SMILES string of the molecule is CCOc1ccc(/C=C/C(=O)Nc2nnc(SC)s2)cc1OC. The van der Waals surface area contributed by atoms with E-state index in [2.05, 4.69) is 15.5 Å². The summed E-state index contributed by atoms with van der Waals surface area (Å²) >= 11 is 2.82. The van der Waals surface area contributed by atoms with Crippen LogP contribution in [0.15, 0.2) is 28.6 Å². The minimum Gasteiger partial charge on any atom is -0.493 e. The average Bonchev–Trinajstić information content (AvgIpc) is 3.01. The van der Waals surface area contributed by atoms with E-state index in [0.29, 0.717) is 23.2 Å². The molecule has 0 saturated heterocycles. The number of amides is 1. The lowest BCUT2D eigenvalue weighted by molar-refractivity contribution is -0.111. The molecule has 1 N–H and O–H groups in total. The summed E-state index contributed by atoms with van der Waals surface area (Å²) in [5.41, 5.74) is 0.836. The highest BCUT2D eigenvalue weighted by Crippen LogP contribution is 2.28. The largest absolute Gasteiger partial charge is 0.493 e. The van der Waals surface area contributed by atoms with Gasteiger partial charge in [0.15, 0.2) is 15.8 Å². The lowest BCUT2D eigenvalue weighted by Crippen LogP contribution is -2.07. The van der Waals surface area contributed by atoms with Crippen LogP contribution in [0.25, 0.3) is 6.08 Å². The number of rotatable bonds is 7. The standard InChI is InChI=1S/C15H17N3O3S2/c1-4-21-11-7-5-10(9-12(11)20-2)6-8-13(19)16-14-17-18-15(22-3)23-14/h5-9H,4H2,1-3H3,(H,16,17,19)/b8-6+. The number of methoxy groups -OCH3 is 1. The van der Waals surface area contributed by atoms with Gasteiger partial charge in [-0.25, -0.2) is 0 Å². The summed E-state index contributed by atoms with van der Waals surface area (Å²) in [5, 5.41) is 11.0. The summed E-state index contributed by atoms with van der Waals surface area (Å²) in [6.45, 7) is 2.47. The van der Waals surface area contributed by atoms with Crippen molar-refractivity contribution < 1.29 is 14.3 Å². The number of anilines is 1. The van der Waals surface area contributed by atoms with Gasteiger partial charge >= 0.3 is 0 Å². The predicted molar refractivity (Wildman–Crippen MR) is 93.5 cm³/mol. The van der Waals surface area contributed by atoms with Crippen LogP contribution in [-0.4, -0.2) is 36.1 Å². The Labute approximate surface area is 142 Å². The van der Waals surface area contributed by atoms with Crippen molar-refractivity contribution in [2.24, 2.45) is 0 Å². The van der Waals surface area contributed by atoms with Gasteiger partial charge in [0.05, 0.1) is 13.7 Å². The van der Waals surface area contributed by atoms with Crippen LogP contribution in [0.4, 0.5) is 5.13 Å². The van der Waals surface area contributed by atoms with Gasteiger partial charge in [0, 0.05) is 6.08 Å². The minimum atomic E-state index is -0.262. The van der Waals surface area contributed by atoms with E-state index >= 15 is 0 Å². The number of thioether (sulfide) groups is 1. The van der Waals surface area contributed by atoms with Crippen LogP contribution in [0.2, 0.25) is 0 Å². The monoisotopic (exact) mass is 351 g/mol. The van der Waals surface area contributed by atoms with Crippen molar-refractivity contribution in [1.29, 1.82) is 0 Å². The van der Waals surface area contributed by atoms with Crippen LogP contribution in [0.5, 0.6) is 11.5 Å². The molecule has 6 nitrogen and oxygen atoms in total. The topological polar surface area (TPSA) is 73.3 Å². The molecule has 0 radical (unpaired) electrons. The maximum Gasteiger partial charge on any atom is 0.250 e. The number of benzene rings is 1. The van der Waals surface area contributed by atoms with Crippen LogP contribution < -0.4 is 14.8 Å². The van der Waals surface area contributed by atoms with Crippen molar-refractivity contribution >= 4 is 40.2 Å². The van der Waals surface area contributed by atoms with Gasteiger partial charge in [-0.2, -0.15) is 0 Å². The smallest absolute Gasteiger partial charge is 0.250 e. The molecule has 23 heavy (non-hydrogen) atoms. The van der Waals surface area contributed by atoms with Gasteiger partial charge in [0.1, 0.15) is 0 Å². The highest BCUT2D eigenvalue weighted by molar-refractivity contribution is 8.00. The molecule has 0 aliphatic heterocycles. The Morgan fingerprint density at radius 2 is 2.22 bits per heavy atom. The second-order valence-electron chi connectivity index (χ2n) is 4.24.